The Bertz CT molecular complexity index is 627. The highest BCUT2D eigenvalue weighted by atomic mass is 19.1. The second kappa shape index (κ2) is 4.94. The van der Waals surface area contributed by atoms with Crippen LogP contribution >= 0.6 is 0 Å². The zero-order chi connectivity index (χ0) is 15.2. The van der Waals surface area contributed by atoms with Crippen LogP contribution in [0.2, 0.25) is 0 Å². The first-order chi connectivity index (χ1) is 9.89. The van der Waals surface area contributed by atoms with Crippen LogP contribution < -0.4 is 0 Å². The van der Waals surface area contributed by atoms with Gasteiger partial charge >= 0.3 is 0 Å². The van der Waals surface area contributed by atoms with E-state index >= 15 is 0 Å². The first-order valence-electron chi connectivity index (χ1n) is 7.44. The molecule has 0 aromatic heterocycles. The first kappa shape index (κ1) is 14.2. The Kier molecular flexibility index (Phi) is 3.35. The predicted octanol–water partition coefficient (Wildman–Crippen LogP) is 5.24. The van der Waals surface area contributed by atoms with Crippen LogP contribution in [0.4, 0.5) is 8.78 Å². The van der Waals surface area contributed by atoms with Gasteiger partial charge in [0.25, 0.3) is 0 Å². The van der Waals surface area contributed by atoms with E-state index in [9.17, 15) is 8.78 Å². The minimum absolute atomic E-state index is 0.0106. The summed E-state index contributed by atoms with van der Waals surface area (Å²) in [5.74, 6) is -0.332. The number of halogens is 2. The molecule has 0 aliphatic heterocycles. The van der Waals surface area contributed by atoms with Gasteiger partial charge < -0.3 is 0 Å². The van der Waals surface area contributed by atoms with Crippen molar-refractivity contribution in [1.29, 1.82) is 0 Å². The number of rotatable bonds is 0. The molecular weight excluding hydrogens is 266 g/mol. The van der Waals surface area contributed by atoms with Crippen molar-refractivity contribution in [2.45, 2.75) is 39.5 Å². The Morgan fingerprint density at radius 1 is 0.810 bits per heavy atom. The Hall–Kier alpha value is -1.70. The molecule has 0 saturated heterocycles. The predicted molar refractivity (Wildman–Crippen MR) is 81.5 cm³/mol. The number of benzene rings is 2. The van der Waals surface area contributed by atoms with Crippen LogP contribution in [0, 0.1) is 17.0 Å². The maximum Gasteiger partial charge on any atom is 0.126 e. The van der Waals surface area contributed by atoms with Crippen molar-refractivity contribution < 1.29 is 8.78 Å². The smallest absolute Gasteiger partial charge is 0.126 e. The Morgan fingerprint density at radius 2 is 1.24 bits per heavy atom. The maximum atomic E-state index is 14.2. The summed E-state index contributed by atoms with van der Waals surface area (Å²) in [6, 6.07) is 10.5. The molecule has 0 bridgehead atoms. The lowest BCUT2D eigenvalue weighted by Gasteiger charge is -2.33. The van der Waals surface area contributed by atoms with Crippen molar-refractivity contribution in [2.75, 3.05) is 0 Å². The van der Waals surface area contributed by atoms with E-state index in [1.54, 1.807) is 12.1 Å². The third kappa shape index (κ3) is 2.37. The van der Waals surface area contributed by atoms with Crippen molar-refractivity contribution in [3.8, 4) is 0 Å². The summed E-state index contributed by atoms with van der Waals surface area (Å²) in [4.78, 5) is 0. The molecule has 3 rings (SSSR count). The van der Waals surface area contributed by atoms with Crippen LogP contribution in [0.25, 0.3) is 0 Å². The molecule has 2 aromatic rings. The Morgan fingerprint density at radius 3 is 1.62 bits per heavy atom. The normalized spacial score (nSPS) is 15.3. The van der Waals surface area contributed by atoms with Gasteiger partial charge in [0, 0.05) is 5.92 Å². The molecule has 0 fully saturated rings. The van der Waals surface area contributed by atoms with Gasteiger partial charge in [0.05, 0.1) is 0 Å². The lowest BCUT2D eigenvalue weighted by Crippen LogP contribution is -2.21. The standard InChI is InChI=1S/C19H20F2/c1-19(2,3)18-14-6-4-8-16(20)12(14)10-11-13-15(18)7-5-9-17(13)21/h4-9,18H,10-11H2,1-3H3. The first-order valence-corrected chi connectivity index (χ1v) is 7.44. The summed E-state index contributed by atoms with van der Waals surface area (Å²) in [5.41, 5.74) is 3.40. The van der Waals surface area contributed by atoms with Crippen LogP contribution in [-0.2, 0) is 12.8 Å². The van der Waals surface area contributed by atoms with E-state index in [0.29, 0.717) is 12.8 Å². The quantitative estimate of drug-likeness (QED) is 0.621. The van der Waals surface area contributed by atoms with E-state index in [1.807, 2.05) is 12.1 Å². The molecule has 1 aliphatic rings. The lowest BCUT2D eigenvalue weighted by molar-refractivity contribution is 0.356. The SMILES string of the molecule is CC(C)(C)C1c2cccc(F)c2CCc2c(F)cccc21. The summed E-state index contributed by atoms with van der Waals surface area (Å²) in [5, 5.41) is 0. The Balaban J connectivity index is 2.31. The van der Waals surface area contributed by atoms with Crippen LogP contribution in [0.1, 0.15) is 48.9 Å². The topological polar surface area (TPSA) is 0 Å². The molecule has 0 N–H and O–H groups in total. The fourth-order valence-electron chi connectivity index (χ4n) is 3.57. The Labute approximate surface area is 124 Å². The average Bonchev–Trinajstić information content (AvgIpc) is 2.56. The van der Waals surface area contributed by atoms with Crippen molar-refractivity contribution in [3.63, 3.8) is 0 Å². The third-order valence-corrected chi connectivity index (χ3v) is 4.42. The summed E-state index contributed by atoms with van der Waals surface area (Å²) < 4.78 is 28.5. The van der Waals surface area contributed by atoms with Crippen molar-refractivity contribution in [2.24, 2.45) is 5.41 Å². The van der Waals surface area contributed by atoms with Crippen molar-refractivity contribution in [3.05, 3.63) is 70.3 Å². The molecule has 1 aliphatic carbocycles. The highest BCUT2D eigenvalue weighted by Crippen LogP contribution is 2.45. The minimum Gasteiger partial charge on any atom is -0.207 e. The zero-order valence-electron chi connectivity index (χ0n) is 12.7. The molecule has 0 spiro atoms. The molecular formula is C19H20F2. The third-order valence-electron chi connectivity index (χ3n) is 4.42. The highest BCUT2D eigenvalue weighted by Gasteiger charge is 2.34. The van der Waals surface area contributed by atoms with Gasteiger partial charge in [0.1, 0.15) is 11.6 Å². The van der Waals surface area contributed by atoms with Crippen LogP contribution in [0.3, 0.4) is 0 Å². The molecule has 0 radical (unpaired) electrons. The van der Waals surface area contributed by atoms with Gasteiger partial charge in [0.2, 0.25) is 0 Å². The molecule has 0 amide bonds. The van der Waals surface area contributed by atoms with Gasteiger partial charge in [-0.1, -0.05) is 45.0 Å². The molecule has 0 saturated carbocycles. The fraction of sp³-hybridized carbons (Fsp3) is 0.368. The van der Waals surface area contributed by atoms with Gasteiger partial charge in [-0.05, 0) is 52.6 Å². The van der Waals surface area contributed by atoms with E-state index in [2.05, 4.69) is 20.8 Å². The van der Waals surface area contributed by atoms with Gasteiger partial charge in [-0.25, -0.2) is 8.78 Å². The van der Waals surface area contributed by atoms with Gasteiger partial charge in [-0.15, -0.1) is 0 Å². The number of hydrogen-bond donors (Lipinski definition) is 0. The summed E-state index contributed by atoms with van der Waals surface area (Å²) in [7, 11) is 0. The van der Waals surface area contributed by atoms with Gasteiger partial charge in [0.15, 0.2) is 0 Å². The largest absolute Gasteiger partial charge is 0.207 e. The summed E-state index contributed by atoms with van der Waals surface area (Å²) >= 11 is 0. The maximum absolute atomic E-state index is 14.2. The monoisotopic (exact) mass is 286 g/mol. The zero-order valence-corrected chi connectivity index (χ0v) is 12.7. The van der Waals surface area contributed by atoms with E-state index < -0.39 is 0 Å². The highest BCUT2D eigenvalue weighted by molar-refractivity contribution is 5.47. The van der Waals surface area contributed by atoms with E-state index in [-0.39, 0.29) is 23.0 Å². The molecule has 2 aromatic carbocycles. The van der Waals surface area contributed by atoms with Crippen molar-refractivity contribution >= 4 is 0 Å². The molecule has 110 valence electrons. The van der Waals surface area contributed by atoms with E-state index in [4.69, 9.17) is 0 Å². The van der Waals surface area contributed by atoms with Gasteiger partial charge in [-0.2, -0.15) is 0 Å². The molecule has 0 unspecified atom stereocenters. The van der Waals surface area contributed by atoms with Crippen LogP contribution in [-0.4, -0.2) is 0 Å². The fourth-order valence-corrected chi connectivity index (χ4v) is 3.57. The molecule has 0 atom stereocenters. The van der Waals surface area contributed by atoms with Gasteiger partial charge in [-0.3, -0.25) is 0 Å². The lowest BCUT2D eigenvalue weighted by atomic mass is 9.71. The molecule has 2 heteroatoms. The molecule has 0 nitrogen and oxygen atoms in total. The van der Waals surface area contributed by atoms with Crippen LogP contribution in [0.15, 0.2) is 36.4 Å². The minimum atomic E-state index is -0.171. The van der Waals surface area contributed by atoms with E-state index in [0.717, 1.165) is 22.3 Å². The van der Waals surface area contributed by atoms with Crippen LogP contribution in [0.5, 0.6) is 0 Å². The average molecular weight is 286 g/mol. The number of hydrogen-bond acceptors (Lipinski definition) is 0. The van der Waals surface area contributed by atoms with E-state index in [1.165, 1.54) is 12.1 Å². The molecule has 21 heavy (non-hydrogen) atoms. The number of fused-ring (bicyclic) bond motifs is 2. The summed E-state index contributed by atoms with van der Waals surface area (Å²) in [6.45, 7) is 6.39. The van der Waals surface area contributed by atoms with Crippen molar-refractivity contribution in [1.82, 2.24) is 0 Å². The summed E-state index contributed by atoms with van der Waals surface area (Å²) in [6.07, 6.45) is 1.12. The second-order valence-electron chi connectivity index (χ2n) is 6.91. The molecule has 0 heterocycles. The second-order valence-corrected chi connectivity index (χ2v) is 6.91.